The van der Waals surface area contributed by atoms with E-state index in [1.54, 1.807) is 24.3 Å². The van der Waals surface area contributed by atoms with E-state index in [4.69, 9.17) is 10.5 Å². The first-order chi connectivity index (χ1) is 8.05. The van der Waals surface area contributed by atoms with Gasteiger partial charge in [-0.2, -0.15) is 0 Å². The summed E-state index contributed by atoms with van der Waals surface area (Å²) in [6, 6.07) is 6.80. The van der Waals surface area contributed by atoms with Crippen molar-refractivity contribution in [1.29, 1.82) is 0 Å². The monoisotopic (exact) mass is 256 g/mol. The van der Waals surface area contributed by atoms with Gasteiger partial charge in [0.2, 0.25) is 10.0 Å². The predicted octanol–water partition coefficient (Wildman–Crippen LogP) is 0.477. The van der Waals surface area contributed by atoms with Crippen molar-refractivity contribution in [2.24, 2.45) is 0 Å². The fourth-order valence-corrected chi connectivity index (χ4v) is 3.22. The normalized spacial score (nSPS) is 20.6. The zero-order valence-corrected chi connectivity index (χ0v) is 10.2. The third-order valence-electron chi connectivity index (χ3n) is 2.58. The van der Waals surface area contributed by atoms with E-state index in [0.717, 1.165) is 6.42 Å². The number of nitrogens with one attached hydrogen (secondary N) is 1. The SMILES string of the molecule is Nc1cccc(CS(=O)(=O)NC2CCOC2)c1. The van der Waals surface area contributed by atoms with Crippen molar-refractivity contribution in [3.05, 3.63) is 29.8 Å². The van der Waals surface area contributed by atoms with Gasteiger partial charge in [-0.25, -0.2) is 13.1 Å². The number of anilines is 1. The zero-order valence-electron chi connectivity index (χ0n) is 9.43. The summed E-state index contributed by atoms with van der Waals surface area (Å²) in [5.74, 6) is -0.0471. The van der Waals surface area contributed by atoms with Gasteiger partial charge in [0.1, 0.15) is 0 Å². The molecule has 1 unspecified atom stereocenters. The molecule has 0 amide bonds. The lowest BCUT2D eigenvalue weighted by Gasteiger charge is -2.11. The molecule has 1 heterocycles. The van der Waals surface area contributed by atoms with Gasteiger partial charge < -0.3 is 10.5 Å². The van der Waals surface area contributed by atoms with E-state index in [1.165, 1.54) is 0 Å². The quantitative estimate of drug-likeness (QED) is 0.768. The highest BCUT2D eigenvalue weighted by molar-refractivity contribution is 7.88. The Morgan fingerprint density at radius 1 is 1.47 bits per heavy atom. The third kappa shape index (κ3) is 3.69. The van der Waals surface area contributed by atoms with Crippen molar-refractivity contribution in [2.75, 3.05) is 18.9 Å². The molecule has 17 heavy (non-hydrogen) atoms. The maximum absolute atomic E-state index is 11.9. The summed E-state index contributed by atoms with van der Waals surface area (Å²) in [6.07, 6.45) is 0.732. The molecule has 0 saturated carbocycles. The van der Waals surface area contributed by atoms with Crippen LogP contribution in [-0.4, -0.2) is 27.7 Å². The lowest BCUT2D eigenvalue weighted by atomic mass is 10.2. The molecule has 0 radical (unpaired) electrons. The predicted molar refractivity (Wildman–Crippen MR) is 65.8 cm³/mol. The van der Waals surface area contributed by atoms with Gasteiger partial charge in [0, 0.05) is 18.3 Å². The van der Waals surface area contributed by atoms with Crippen molar-refractivity contribution < 1.29 is 13.2 Å². The molecule has 3 N–H and O–H groups in total. The molecule has 0 bridgehead atoms. The van der Waals surface area contributed by atoms with Gasteiger partial charge in [0.15, 0.2) is 0 Å². The maximum Gasteiger partial charge on any atom is 0.216 e. The second kappa shape index (κ2) is 5.03. The van der Waals surface area contributed by atoms with Crippen molar-refractivity contribution in [2.45, 2.75) is 18.2 Å². The Hall–Kier alpha value is -1.11. The summed E-state index contributed by atoms with van der Waals surface area (Å²) in [5, 5.41) is 0. The standard InChI is InChI=1S/C11H16N2O3S/c12-10-3-1-2-9(6-10)8-17(14,15)13-11-4-5-16-7-11/h1-3,6,11,13H,4-5,7-8,12H2. The van der Waals surface area contributed by atoms with Gasteiger partial charge in [0.25, 0.3) is 0 Å². The molecule has 0 spiro atoms. The van der Waals surface area contributed by atoms with Crippen LogP contribution in [0, 0.1) is 0 Å². The molecule has 0 aromatic heterocycles. The van der Waals surface area contributed by atoms with Crippen LogP contribution in [0.4, 0.5) is 5.69 Å². The molecular formula is C11H16N2O3S. The molecule has 1 aliphatic heterocycles. The fraction of sp³-hybridized carbons (Fsp3) is 0.455. The van der Waals surface area contributed by atoms with E-state index in [-0.39, 0.29) is 11.8 Å². The first-order valence-corrected chi connectivity index (χ1v) is 7.12. The summed E-state index contributed by atoms with van der Waals surface area (Å²) in [5.41, 5.74) is 6.87. The van der Waals surface area contributed by atoms with E-state index >= 15 is 0 Å². The minimum absolute atomic E-state index is 0.0471. The molecule has 1 aliphatic rings. The first kappa shape index (κ1) is 12.3. The second-order valence-electron chi connectivity index (χ2n) is 4.18. The Labute approximate surface area is 101 Å². The summed E-state index contributed by atoms with van der Waals surface area (Å²) in [4.78, 5) is 0. The van der Waals surface area contributed by atoms with Crippen LogP contribution < -0.4 is 10.5 Å². The molecule has 1 aromatic rings. The van der Waals surface area contributed by atoms with Crippen molar-refractivity contribution >= 4 is 15.7 Å². The second-order valence-corrected chi connectivity index (χ2v) is 5.94. The van der Waals surface area contributed by atoms with Crippen LogP contribution in [-0.2, 0) is 20.5 Å². The van der Waals surface area contributed by atoms with Gasteiger partial charge in [-0.05, 0) is 24.1 Å². The highest BCUT2D eigenvalue weighted by Gasteiger charge is 2.22. The van der Waals surface area contributed by atoms with Gasteiger partial charge in [-0.15, -0.1) is 0 Å². The largest absolute Gasteiger partial charge is 0.399 e. The molecule has 6 heteroatoms. The van der Waals surface area contributed by atoms with Crippen LogP contribution in [0.3, 0.4) is 0 Å². The number of hydrogen-bond acceptors (Lipinski definition) is 4. The van der Waals surface area contributed by atoms with E-state index < -0.39 is 10.0 Å². The Balaban J connectivity index is 2.01. The average molecular weight is 256 g/mol. The number of nitrogen functional groups attached to an aromatic ring is 1. The maximum atomic E-state index is 11.9. The van der Waals surface area contributed by atoms with Crippen LogP contribution in [0.1, 0.15) is 12.0 Å². The Morgan fingerprint density at radius 3 is 2.94 bits per heavy atom. The number of ether oxygens (including phenoxy) is 1. The van der Waals surface area contributed by atoms with E-state index in [1.807, 2.05) is 0 Å². The molecule has 5 nitrogen and oxygen atoms in total. The van der Waals surface area contributed by atoms with Crippen LogP contribution in [0.2, 0.25) is 0 Å². The Bertz CT molecular complexity index is 481. The van der Waals surface area contributed by atoms with Gasteiger partial charge in [-0.3, -0.25) is 0 Å². The smallest absolute Gasteiger partial charge is 0.216 e. The number of hydrogen-bond donors (Lipinski definition) is 2. The van der Waals surface area contributed by atoms with Gasteiger partial charge >= 0.3 is 0 Å². The van der Waals surface area contributed by atoms with Crippen LogP contribution in [0.25, 0.3) is 0 Å². The van der Waals surface area contributed by atoms with Crippen LogP contribution in [0.5, 0.6) is 0 Å². The van der Waals surface area contributed by atoms with Crippen LogP contribution >= 0.6 is 0 Å². The summed E-state index contributed by atoms with van der Waals surface area (Å²) in [6.45, 7) is 1.07. The molecule has 1 saturated heterocycles. The number of sulfonamides is 1. The van der Waals surface area contributed by atoms with E-state index in [2.05, 4.69) is 4.72 Å². The molecule has 1 aromatic carbocycles. The molecule has 94 valence electrons. The van der Waals surface area contributed by atoms with Crippen molar-refractivity contribution in [3.8, 4) is 0 Å². The summed E-state index contributed by atoms with van der Waals surface area (Å²) in [7, 11) is -3.32. The molecule has 1 atom stereocenters. The first-order valence-electron chi connectivity index (χ1n) is 5.47. The molecule has 1 fully saturated rings. The Kier molecular flexibility index (Phi) is 3.66. The lowest BCUT2D eigenvalue weighted by Crippen LogP contribution is -2.35. The average Bonchev–Trinajstić information content (AvgIpc) is 2.68. The van der Waals surface area contributed by atoms with E-state index in [0.29, 0.717) is 24.5 Å². The molecule has 0 aliphatic carbocycles. The molecular weight excluding hydrogens is 240 g/mol. The number of benzene rings is 1. The molecule has 2 rings (SSSR count). The van der Waals surface area contributed by atoms with Gasteiger partial charge in [0.05, 0.1) is 12.4 Å². The number of rotatable bonds is 4. The zero-order chi connectivity index (χ0) is 12.3. The van der Waals surface area contributed by atoms with Crippen molar-refractivity contribution in [1.82, 2.24) is 4.72 Å². The summed E-state index contributed by atoms with van der Waals surface area (Å²) >= 11 is 0. The highest BCUT2D eigenvalue weighted by Crippen LogP contribution is 2.11. The third-order valence-corrected chi connectivity index (χ3v) is 3.99. The minimum Gasteiger partial charge on any atom is -0.399 e. The fourth-order valence-electron chi connectivity index (χ4n) is 1.83. The van der Waals surface area contributed by atoms with Crippen LogP contribution in [0.15, 0.2) is 24.3 Å². The summed E-state index contributed by atoms with van der Waals surface area (Å²) < 4.78 is 31.5. The highest BCUT2D eigenvalue weighted by atomic mass is 32.2. The number of nitrogens with two attached hydrogens (primary N) is 1. The van der Waals surface area contributed by atoms with E-state index in [9.17, 15) is 8.42 Å². The van der Waals surface area contributed by atoms with Crippen molar-refractivity contribution in [3.63, 3.8) is 0 Å². The lowest BCUT2D eigenvalue weighted by molar-refractivity contribution is 0.192. The topological polar surface area (TPSA) is 81.4 Å². The minimum atomic E-state index is -3.32. The Morgan fingerprint density at radius 2 is 2.29 bits per heavy atom. The van der Waals surface area contributed by atoms with Gasteiger partial charge in [-0.1, -0.05) is 12.1 Å².